The molecule has 33 heavy (non-hydrogen) atoms. The predicted octanol–water partition coefficient (Wildman–Crippen LogP) is 6.51. The summed E-state index contributed by atoms with van der Waals surface area (Å²) < 4.78 is 13.6. The molecule has 5 nitrogen and oxygen atoms in total. The van der Waals surface area contributed by atoms with Gasteiger partial charge in [0, 0.05) is 17.8 Å². The van der Waals surface area contributed by atoms with Gasteiger partial charge in [0.1, 0.15) is 5.82 Å². The molecule has 1 amide bonds. The molecule has 4 aromatic carbocycles. The average molecular weight is 439 g/mol. The molecule has 0 spiro atoms. The lowest BCUT2D eigenvalue weighted by Crippen LogP contribution is -2.12. The molecule has 0 radical (unpaired) electrons. The minimum Gasteiger partial charge on any atom is -0.368 e. The monoisotopic (exact) mass is 438 g/mol. The first-order valence-corrected chi connectivity index (χ1v) is 10.9. The topological polar surface area (TPSA) is 69.8 Å². The van der Waals surface area contributed by atoms with Crippen LogP contribution >= 0.6 is 0 Å². The van der Waals surface area contributed by atoms with Gasteiger partial charge in [-0.1, -0.05) is 36.4 Å². The van der Waals surface area contributed by atoms with Crippen molar-refractivity contribution >= 4 is 39.1 Å². The van der Waals surface area contributed by atoms with E-state index in [0.717, 1.165) is 45.2 Å². The Balaban J connectivity index is 1.54. The van der Waals surface area contributed by atoms with Gasteiger partial charge in [-0.15, -0.1) is 0 Å². The van der Waals surface area contributed by atoms with Crippen molar-refractivity contribution in [1.82, 2.24) is 10.2 Å². The largest absolute Gasteiger partial charge is 0.368 e. The number of hydrogen-bond acceptors (Lipinski definition) is 3. The summed E-state index contributed by atoms with van der Waals surface area (Å²) in [4.78, 5) is 13.0. The molecule has 0 atom stereocenters. The number of rotatable bonds is 5. The van der Waals surface area contributed by atoms with Crippen molar-refractivity contribution in [1.29, 1.82) is 0 Å². The first-order valence-electron chi connectivity index (χ1n) is 10.9. The summed E-state index contributed by atoms with van der Waals surface area (Å²) in [7, 11) is 0. The SMILES string of the molecule is CCNc1n[nH]c2cccc(-c3ccc4c(C(=O)Nc5ccc(F)c(C)c5)cccc4c3)c12. The van der Waals surface area contributed by atoms with Crippen LogP contribution in [0.3, 0.4) is 0 Å². The number of halogens is 1. The van der Waals surface area contributed by atoms with Crippen molar-refractivity contribution in [2.24, 2.45) is 0 Å². The van der Waals surface area contributed by atoms with Crippen LogP contribution in [0.5, 0.6) is 0 Å². The van der Waals surface area contributed by atoms with Gasteiger partial charge in [-0.05, 0) is 77.7 Å². The first kappa shape index (κ1) is 20.7. The maximum Gasteiger partial charge on any atom is 0.256 e. The van der Waals surface area contributed by atoms with E-state index in [0.29, 0.717) is 16.8 Å². The van der Waals surface area contributed by atoms with Crippen LogP contribution in [0.25, 0.3) is 32.8 Å². The number of aromatic nitrogens is 2. The zero-order chi connectivity index (χ0) is 22.9. The standard InChI is InChI=1S/C27H23FN4O/c1-3-29-26-25-21(7-5-9-24(25)31-32-26)18-10-12-20-17(15-18)6-4-8-22(20)27(33)30-19-11-13-23(28)16(2)14-19/h4-15H,3H2,1-2H3,(H,30,33)(H2,29,31,32). The number of benzene rings is 4. The number of nitrogens with zero attached hydrogens (tertiary/aromatic N) is 1. The summed E-state index contributed by atoms with van der Waals surface area (Å²) in [5.74, 6) is 0.298. The molecule has 0 aliphatic heterocycles. The number of hydrogen-bond donors (Lipinski definition) is 3. The third-order valence-electron chi connectivity index (χ3n) is 5.79. The molecule has 5 aromatic rings. The Labute approximate surface area is 190 Å². The van der Waals surface area contributed by atoms with E-state index >= 15 is 0 Å². The van der Waals surface area contributed by atoms with E-state index in [1.165, 1.54) is 6.07 Å². The van der Waals surface area contributed by atoms with Gasteiger partial charge in [0.05, 0.1) is 10.9 Å². The number of aromatic amines is 1. The second-order valence-corrected chi connectivity index (χ2v) is 7.99. The predicted molar refractivity (Wildman–Crippen MR) is 132 cm³/mol. The Kier molecular flexibility index (Phi) is 5.26. The lowest BCUT2D eigenvalue weighted by atomic mass is 9.96. The summed E-state index contributed by atoms with van der Waals surface area (Å²) in [6, 6.07) is 22.4. The number of carbonyl (C=O) groups is 1. The second kappa shape index (κ2) is 8.39. The Hall–Kier alpha value is -4.19. The number of amides is 1. The van der Waals surface area contributed by atoms with Gasteiger partial charge >= 0.3 is 0 Å². The Morgan fingerprint density at radius 1 is 1.03 bits per heavy atom. The molecular formula is C27H23FN4O. The lowest BCUT2D eigenvalue weighted by Gasteiger charge is -2.11. The van der Waals surface area contributed by atoms with Crippen molar-refractivity contribution in [3.63, 3.8) is 0 Å². The van der Waals surface area contributed by atoms with Gasteiger partial charge in [0.25, 0.3) is 5.91 Å². The normalized spacial score (nSPS) is 11.1. The minimum absolute atomic E-state index is 0.231. The number of carbonyl (C=O) groups excluding carboxylic acids is 1. The van der Waals surface area contributed by atoms with Crippen LogP contribution in [-0.4, -0.2) is 22.6 Å². The van der Waals surface area contributed by atoms with Gasteiger partial charge in [0.2, 0.25) is 0 Å². The molecule has 164 valence electrons. The highest BCUT2D eigenvalue weighted by molar-refractivity contribution is 6.13. The number of H-pyrrole nitrogens is 1. The highest BCUT2D eigenvalue weighted by Crippen LogP contribution is 2.34. The zero-order valence-electron chi connectivity index (χ0n) is 18.4. The van der Waals surface area contributed by atoms with Crippen LogP contribution in [0, 0.1) is 12.7 Å². The highest BCUT2D eigenvalue weighted by atomic mass is 19.1. The number of aryl methyl sites for hydroxylation is 1. The summed E-state index contributed by atoms with van der Waals surface area (Å²) in [5.41, 5.74) is 4.69. The van der Waals surface area contributed by atoms with E-state index < -0.39 is 0 Å². The third-order valence-corrected chi connectivity index (χ3v) is 5.79. The average Bonchev–Trinajstić information content (AvgIpc) is 3.24. The van der Waals surface area contributed by atoms with Gasteiger partial charge in [-0.3, -0.25) is 9.89 Å². The van der Waals surface area contributed by atoms with Crippen molar-refractivity contribution in [2.45, 2.75) is 13.8 Å². The molecule has 1 aromatic heterocycles. The Morgan fingerprint density at radius 3 is 2.70 bits per heavy atom. The van der Waals surface area contributed by atoms with Crippen LogP contribution in [0.4, 0.5) is 15.9 Å². The van der Waals surface area contributed by atoms with Gasteiger partial charge in [-0.25, -0.2) is 4.39 Å². The maximum atomic E-state index is 13.6. The second-order valence-electron chi connectivity index (χ2n) is 7.99. The van der Waals surface area contributed by atoms with Crippen LogP contribution < -0.4 is 10.6 Å². The smallest absolute Gasteiger partial charge is 0.256 e. The molecule has 0 aliphatic rings. The van der Waals surface area contributed by atoms with E-state index in [2.05, 4.69) is 33.0 Å². The molecule has 0 unspecified atom stereocenters. The first-order chi connectivity index (χ1) is 16.0. The minimum atomic E-state index is -0.296. The van der Waals surface area contributed by atoms with E-state index in [9.17, 15) is 9.18 Å². The maximum absolute atomic E-state index is 13.6. The Morgan fingerprint density at radius 2 is 1.88 bits per heavy atom. The highest BCUT2D eigenvalue weighted by Gasteiger charge is 2.14. The molecule has 1 heterocycles. The van der Waals surface area contributed by atoms with Crippen molar-refractivity contribution in [3.8, 4) is 11.1 Å². The van der Waals surface area contributed by atoms with E-state index in [1.54, 1.807) is 25.1 Å². The van der Waals surface area contributed by atoms with Gasteiger partial charge in [-0.2, -0.15) is 5.10 Å². The summed E-state index contributed by atoms with van der Waals surface area (Å²) in [6.07, 6.45) is 0. The summed E-state index contributed by atoms with van der Waals surface area (Å²) in [5, 5.41) is 16.5. The Bertz CT molecular complexity index is 1510. The van der Waals surface area contributed by atoms with Gasteiger partial charge in [0.15, 0.2) is 5.82 Å². The lowest BCUT2D eigenvalue weighted by molar-refractivity contribution is 0.102. The fourth-order valence-electron chi connectivity index (χ4n) is 4.18. The van der Waals surface area contributed by atoms with Crippen LogP contribution in [0.2, 0.25) is 0 Å². The molecular weight excluding hydrogens is 415 g/mol. The molecule has 0 saturated heterocycles. The number of nitrogens with one attached hydrogen (secondary N) is 3. The summed E-state index contributed by atoms with van der Waals surface area (Å²) >= 11 is 0. The van der Waals surface area contributed by atoms with Crippen LogP contribution in [0.15, 0.2) is 72.8 Å². The van der Waals surface area contributed by atoms with Crippen molar-refractivity contribution < 1.29 is 9.18 Å². The molecule has 0 bridgehead atoms. The molecule has 3 N–H and O–H groups in total. The van der Waals surface area contributed by atoms with E-state index in [4.69, 9.17) is 0 Å². The molecule has 6 heteroatoms. The van der Waals surface area contributed by atoms with E-state index in [1.807, 2.05) is 43.3 Å². The van der Waals surface area contributed by atoms with Gasteiger partial charge < -0.3 is 10.6 Å². The quantitative estimate of drug-likeness (QED) is 0.293. The summed E-state index contributed by atoms with van der Waals surface area (Å²) in [6.45, 7) is 4.49. The van der Waals surface area contributed by atoms with E-state index in [-0.39, 0.29) is 11.7 Å². The number of fused-ring (bicyclic) bond motifs is 2. The van der Waals surface area contributed by atoms with Crippen LogP contribution in [0.1, 0.15) is 22.8 Å². The molecule has 0 fully saturated rings. The molecule has 0 saturated carbocycles. The van der Waals surface area contributed by atoms with Crippen LogP contribution in [-0.2, 0) is 0 Å². The molecule has 0 aliphatic carbocycles. The zero-order valence-corrected chi connectivity index (χ0v) is 18.4. The van der Waals surface area contributed by atoms with Crippen molar-refractivity contribution in [2.75, 3.05) is 17.2 Å². The fraction of sp³-hybridized carbons (Fsp3) is 0.111. The molecule has 5 rings (SSSR count). The number of anilines is 2. The fourth-order valence-corrected chi connectivity index (χ4v) is 4.18. The van der Waals surface area contributed by atoms with Crippen molar-refractivity contribution in [3.05, 3.63) is 89.7 Å². The third kappa shape index (κ3) is 3.80.